The van der Waals surface area contributed by atoms with Gasteiger partial charge in [0.15, 0.2) is 5.82 Å². The van der Waals surface area contributed by atoms with Crippen LogP contribution in [-0.4, -0.2) is 26.5 Å². The maximum atomic E-state index is 12.6. The van der Waals surface area contributed by atoms with Gasteiger partial charge in [-0.05, 0) is 37.3 Å². The molecule has 1 unspecified atom stereocenters. The van der Waals surface area contributed by atoms with Gasteiger partial charge in [0.1, 0.15) is 5.76 Å². The predicted molar refractivity (Wildman–Crippen MR) is 78.8 cm³/mol. The summed E-state index contributed by atoms with van der Waals surface area (Å²) in [6.45, 7) is 3.88. The van der Waals surface area contributed by atoms with Gasteiger partial charge in [0.25, 0.3) is 0 Å². The summed E-state index contributed by atoms with van der Waals surface area (Å²) in [6.07, 6.45) is 6.01. The van der Waals surface area contributed by atoms with E-state index in [1.807, 2.05) is 19.9 Å². The Hall–Kier alpha value is -2.18. The Balaban J connectivity index is 1.61. The molecule has 1 atom stereocenters. The highest BCUT2D eigenvalue weighted by molar-refractivity contribution is 5.82. The molecule has 0 bridgehead atoms. The number of H-pyrrole nitrogens is 1. The number of nitrogens with zero attached hydrogens (tertiary/aromatic N) is 3. The molecule has 7 heteroatoms. The van der Waals surface area contributed by atoms with Crippen molar-refractivity contribution >= 4 is 5.91 Å². The van der Waals surface area contributed by atoms with Crippen molar-refractivity contribution < 1.29 is 9.21 Å². The third kappa shape index (κ3) is 3.03. The quantitative estimate of drug-likeness (QED) is 0.880. The summed E-state index contributed by atoms with van der Waals surface area (Å²) in [5.74, 6) is 1.57. The molecular weight excluding hydrogens is 282 g/mol. The first kappa shape index (κ1) is 14.7. The van der Waals surface area contributed by atoms with Crippen molar-refractivity contribution in [1.29, 1.82) is 0 Å². The number of aryl methyl sites for hydroxylation is 2. The van der Waals surface area contributed by atoms with Crippen LogP contribution >= 0.6 is 0 Å². The Morgan fingerprint density at radius 2 is 2.41 bits per heavy atom. The van der Waals surface area contributed by atoms with E-state index >= 15 is 0 Å². The number of nitrogens with one attached hydrogen (secondary N) is 2. The molecule has 0 saturated carbocycles. The number of furan rings is 1. The minimum atomic E-state index is -0.495. The molecule has 2 aromatic rings. The second-order valence-corrected chi connectivity index (χ2v) is 6.44. The first-order chi connectivity index (χ1) is 10.6. The van der Waals surface area contributed by atoms with E-state index in [1.54, 1.807) is 6.26 Å². The highest BCUT2D eigenvalue weighted by Crippen LogP contribution is 2.32. The summed E-state index contributed by atoms with van der Waals surface area (Å²) < 4.78 is 5.55. The molecule has 2 heterocycles. The molecule has 0 aliphatic heterocycles. The standard InChI is InChI=1S/C15H21N5O2/c1-15(2,8-6-12-17-19-20-18-12)14(21)16-11-5-3-4-10-7-9-22-13(10)11/h7,9,11H,3-6,8H2,1-2H3,(H,16,21)(H,17,18,19,20). The smallest absolute Gasteiger partial charge is 0.226 e. The molecule has 1 aliphatic carbocycles. The Morgan fingerprint density at radius 3 is 3.18 bits per heavy atom. The van der Waals surface area contributed by atoms with E-state index in [2.05, 4.69) is 25.9 Å². The zero-order valence-electron chi connectivity index (χ0n) is 12.9. The molecule has 0 radical (unpaired) electrons. The highest BCUT2D eigenvalue weighted by Gasteiger charge is 2.32. The highest BCUT2D eigenvalue weighted by atomic mass is 16.3. The molecule has 118 valence electrons. The van der Waals surface area contributed by atoms with Gasteiger partial charge in [-0.2, -0.15) is 5.21 Å². The van der Waals surface area contributed by atoms with Crippen molar-refractivity contribution in [2.75, 3.05) is 0 Å². The lowest BCUT2D eigenvalue weighted by Gasteiger charge is -2.28. The Kier molecular flexibility index (Phi) is 3.96. The summed E-state index contributed by atoms with van der Waals surface area (Å²) in [4.78, 5) is 12.6. The molecule has 0 aromatic carbocycles. The van der Waals surface area contributed by atoms with Crippen molar-refractivity contribution in [2.24, 2.45) is 5.41 Å². The molecule has 1 aliphatic rings. The molecule has 3 rings (SSSR count). The minimum Gasteiger partial charge on any atom is -0.467 e. The monoisotopic (exact) mass is 303 g/mol. The predicted octanol–water partition coefficient (Wildman–Crippen LogP) is 1.95. The lowest BCUT2D eigenvalue weighted by molar-refractivity contribution is -0.130. The van der Waals surface area contributed by atoms with Crippen LogP contribution in [0.3, 0.4) is 0 Å². The Bertz CT molecular complexity index is 632. The average molecular weight is 303 g/mol. The number of hydrogen-bond donors (Lipinski definition) is 2. The van der Waals surface area contributed by atoms with Crippen LogP contribution in [0, 0.1) is 5.41 Å². The van der Waals surface area contributed by atoms with Crippen molar-refractivity contribution in [2.45, 2.75) is 52.0 Å². The van der Waals surface area contributed by atoms with Gasteiger partial charge >= 0.3 is 0 Å². The van der Waals surface area contributed by atoms with Gasteiger partial charge in [-0.3, -0.25) is 4.79 Å². The number of carbonyl (C=O) groups excluding carboxylic acids is 1. The molecule has 2 N–H and O–H groups in total. The Labute approximate surface area is 128 Å². The largest absolute Gasteiger partial charge is 0.467 e. The second-order valence-electron chi connectivity index (χ2n) is 6.44. The number of hydrogen-bond acceptors (Lipinski definition) is 5. The van der Waals surface area contributed by atoms with Crippen LogP contribution in [0.1, 0.15) is 56.3 Å². The number of aromatic nitrogens is 4. The van der Waals surface area contributed by atoms with E-state index in [0.29, 0.717) is 18.7 Å². The number of rotatable bonds is 5. The first-order valence-electron chi connectivity index (χ1n) is 7.66. The summed E-state index contributed by atoms with van der Waals surface area (Å²) >= 11 is 0. The van der Waals surface area contributed by atoms with Crippen molar-refractivity contribution in [3.63, 3.8) is 0 Å². The fourth-order valence-corrected chi connectivity index (χ4v) is 2.81. The number of fused-ring (bicyclic) bond motifs is 1. The lowest BCUT2D eigenvalue weighted by atomic mass is 9.85. The van der Waals surface area contributed by atoms with Crippen LogP contribution < -0.4 is 5.32 Å². The van der Waals surface area contributed by atoms with Crippen molar-refractivity contribution in [3.8, 4) is 0 Å². The Morgan fingerprint density at radius 1 is 1.55 bits per heavy atom. The summed E-state index contributed by atoms with van der Waals surface area (Å²) in [7, 11) is 0. The fraction of sp³-hybridized carbons (Fsp3) is 0.600. The van der Waals surface area contributed by atoms with E-state index in [4.69, 9.17) is 4.42 Å². The second kappa shape index (κ2) is 5.90. The summed E-state index contributed by atoms with van der Waals surface area (Å²) in [5.41, 5.74) is 0.714. The SMILES string of the molecule is CC(C)(CCc1nn[nH]n1)C(=O)NC1CCCc2ccoc21. The number of amides is 1. The molecule has 7 nitrogen and oxygen atoms in total. The van der Waals surface area contributed by atoms with E-state index in [9.17, 15) is 4.79 Å². The van der Waals surface area contributed by atoms with Crippen LogP contribution in [0.15, 0.2) is 16.7 Å². The fourth-order valence-electron chi connectivity index (χ4n) is 2.81. The molecule has 1 amide bonds. The molecule has 0 spiro atoms. The average Bonchev–Trinajstić information content (AvgIpc) is 3.17. The zero-order valence-corrected chi connectivity index (χ0v) is 12.9. The molecular formula is C15H21N5O2. The maximum absolute atomic E-state index is 12.6. The van der Waals surface area contributed by atoms with Gasteiger partial charge in [-0.25, -0.2) is 0 Å². The van der Waals surface area contributed by atoms with Gasteiger partial charge < -0.3 is 9.73 Å². The zero-order chi connectivity index (χ0) is 15.6. The normalized spacial score (nSPS) is 18.0. The lowest BCUT2D eigenvalue weighted by Crippen LogP contribution is -2.40. The minimum absolute atomic E-state index is 0.0179. The third-order valence-electron chi connectivity index (χ3n) is 4.32. The summed E-state index contributed by atoms with van der Waals surface area (Å²) in [6, 6.07) is 1.98. The summed E-state index contributed by atoms with van der Waals surface area (Å²) in [5, 5.41) is 16.9. The van der Waals surface area contributed by atoms with E-state index in [-0.39, 0.29) is 11.9 Å². The molecule has 2 aromatic heterocycles. The van der Waals surface area contributed by atoms with E-state index in [1.165, 1.54) is 5.56 Å². The van der Waals surface area contributed by atoms with Crippen LogP contribution in [0.2, 0.25) is 0 Å². The van der Waals surface area contributed by atoms with Crippen LogP contribution in [0.5, 0.6) is 0 Å². The van der Waals surface area contributed by atoms with Gasteiger partial charge in [0.2, 0.25) is 5.91 Å². The van der Waals surface area contributed by atoms with E-state index in [0.717, 1.165) is 25.0 Å². The third-order valence-corrected chi connectivity index (χ3v) is 4.32. The first-order valence-corrected chi connectivity index (χ1v) is 7.66. The maximum Gasteiger partial charge on any atom is 0.226 e. The van der Waals surface area contributed by atoms with Crippen LogP contribution in [0.4, 0.5) is 0 Å². The molecule has 0 saturated heterocycles. The van der Waals surface area contributed by atoms with Gasteiger partial charge in [-0.1, -0.05) is 19.1 Å². The number of tetrazole rings is 1. The number of carbonyl (C=O) groups is 1. The van der Waals surface area contributed by atoms with Gasteiger partial charge in [0.05, 0.1) is 12.3 Å². The molecule has 0 fully saturated rings. The topological polar surface area (TPSA) is 96.7 Å². The van der Waals surface area contributed by atoms with Crippen LogP contribution in [0.25, 0.3) is 0 Å². The van der Waals surface area contributed by atoms with Gasteiger partial charge in [0, 0.05) is 11.8 Å². The van der Waals surface area contributed by atoms with Crippen molar-refractivity contribution in [3.05, 3.63) is 29.5 Å². The molecule has 22 heavy (non-hydrogen) atoms. The van der Waals surface area contributed by atoms with Gasteiger partial charge in [-0.15, -0.1) is 10.2 Å². The number of aromatic amines is 1. The van der Waals surface area contributed by atoms with Crippen LogP contribution in [-0.2, 0) is 17.6 Å². The van der Waals surface area contributed by atoms with E-state index < -0.39 is 5.41 Å². The van der Waals surface area contributed by atoms with Crippen molar-refractivity contribution in [1.82, 2.24) is 25.9 Å².